The lowest BCUT2D eigenvalue weighted by Gasteiger charge is -2.46. The Morgan fingerprint density at radius 2 is 0.854 bits per heavy atom. The zero-order valence-electron chi connectivity index (χ0n) is 71.8. The van der Waals surface area contributed by atoms with Gasteiger partial charge in [0.15, 0.2) is 0 Å². The number of aromatic nitrogens is 1. The molecule has 0 aliphatic carbocycles. The molecular weight excluding hydrogens is 1160 g/mol. The lowest BCUT2D eigenvalue weighted by atomic mass is 9.33. The van der Waals surface area contributed by atoms with Crippen LogP contribution in [0.2, 0.25) is 0 Å². The summed E-state index contributed by atoms with van der Waals surface area (Å²) >= 11 is 0. The van der Waals surface area contributed by atoms with Gasteiger partial charge < -0.3 is 14.4 Å². The number of hydrogen-bond donors (Lipinski definition) is 0. The molecule has 12 aromatic carbocycles. The summed E-state index contributed by atoms with van der Waals surface area (Å²) in [6.07, 6.45) is 0. The molecule has 0 saturated heterocycles. The number of rotatable bonds is 8. The average Bonchev–Trinajstić information content (AvgIpc) is 0.882. The Labute approximate surface area is 589 Å². The molecule has 0 N–H and O–H groups in total. The van der Waals surface area contributed by atoms with E-state index in [1.165, 1.54) is 4.57 Å². The van der Waals surface area contributed by atoms with Crippen molar-refractivity contribution < 1.29 is 21.9 Å². The molecule has 6 heteroatoms. The molecule has 15 rings (SSSR count). The van der Waals surface area contributed by atoms with Crippen LogP contribution in [-0.4, -0.2) is 11.3 Å². The maximum absolute atomic E-state index is 12.6. The maximum Gasteiger partial charge on any atom is 0.252 e. The zero-order valence-corrected chi connectivity index (χ0v) is 55.8. The molecule has 0 atom stereocenters. The van der Waals surface area contributed by atoms with E-state index in [4.69, 9.17) is 8.22 Å². The van der Waals surface area contributed by atoms with Crippen LogP contribution in [0, 0.1) is 22.7 Å². The fourth-order valence-corrected chi connectivity index (χ4v) is 13.7. The van der Waals surface area contributed by atoms with E-state index in [1.807, 2.05) is 60.7 Å². The van der Waals surface area contributed by atoms with Crippen molar-refractivity contribution in [3.05, 3.63) is 288 Å². The second kappa shape index (κ2) is 22.9. The largest absolute Gasteiger partial charge is 0.310 e. The van der Waals surface area contributed by atoms with Crippen LogP contribution in [0.25, 0.3) is 83.1 Å². The molecule has 0 radical (unpaired) electrons. The first kappa shape index (κ1) is 45.4. The van der Waals surface area contributed by atoms with Gasteiger partial charge in [0, 0.05) is 44.6 Å². The zero-order chi connectivity index (χ0) is 80.7. The van der Waals surface area contributed by atoms with Crippen LogP contribution in [0.5, 0.6) is 0 Å². The molecule has 0 saturated carbocycles. The second-order valence-corrected chi connectivity index (χ2v) is 29.2. The summed E-state index contributed by atoms with van der Waals surface area (Å²) in [6, 6.07) is 47.5. The smallest absolute Gasteiger partial charge is 0.252 e. The highest BCUT2D eigenvalue weighted by Crippen LogP contribution is 2.54. The molecule has 13 aromatic rings. The van der Waals surface area contributed by atoms with Gasteiger partial charge in [0.1, 0.15) is 11.6 Å². The van der Waals surface area contributed by atoms with Gasteiger partial charge in [-0.2, -0.15) is 10.5 Å². The van der Waals surface area contributed by atoms with E-state index in [0.717, 1.165) is 77.7 Å². The molecule has 96 heavy (non-hydrogen) atoms. The third-order valence-corrected chi connectivity index (χ3v) is 18.9. The van der Waals surface area contributed by atoms with Crippen molar-refractivity contribution in [1.29, 1.82) is 10.5 Å². The average molecular weight is 1260 g/mol. The molecule has 2 aliphatic heterocycles. The summed E-state index contributed by atoms with van der Waals surface area (Å²) in [4.78, 5) is 4.34. The van der Waals surface area contributed by atoms with Crippen LogP contribution in [0.3, 0.4) is 0 Å². The minimum atomic E-state index is -0.765. The van der Waals surface area contributed by atoms with E-state index in [1.54, 1.807) is 18.2 Å². The molecule has 2 aliphatic rings. The Kier molecular flexibility index (Phi) is 10.9. The predicted octanol–water partition coefficient (Wildman–Crippen LogP) is 22.1. The second-order valence-electron chi connectivity index (χ2n) is 29.2. The Morgan fingerprint density at radius 1 is 0.354 bits per heavy atom. The van der Waals surface area contributed by atoms with Crippen LogP contribution in [-0.2, 0) is 21.7 Å². The van der Waals surface area contributed by atoms with Gasteiger partial charge >= 0.3 is 0 Å². The normalized spacial score (nSPS) is 15.2. The summed E-state index contributed by atoms with van der Waals surface area (Å²) in [5, 5.41) is 22.7. The van der Waals surface area contributed by atoms with E-state index in [2.05, 4.69) is 184 Å². The molecule has 3 heterocycles. The number of nitriles is 2. The van der Waals surface area contributed by atoms with Crippen molar-refractivity contribution in [1.82, 2.24) is 4.57 Å². The SMILES string of the molecule is [2H]c1c([2H])c([2H])c(-c2ccc3c(c2)N(c2c(-c4ccccc4)cc(C(C)(C)C)cc2-c2ccccc2)c2cc(C(C)(C)C)cc4c2B3c2ccc(-c3cc(C(C)(C)C)cc(C(C)(C)C)c3)cc2N4c2cccc(-n3c4c([2H])c([2H])c(C#N)c([2H])c4c4c([2H])c([2H])c(-c5c([2H])c([2H])c([2H])c([2H])c5[2H])c([2H])c43)c2C#N)c([2H])c1[2H]. The van der Waals surface area contributed by atoms with E-state index < -0.39 is 119 Å². The molecule has 0 spiro atoms. The fourth-order valence-electron chi connectivity index (χ4n) is 13.7. The van der Waals surface area contributed by atoms with Crippen LogP contribution >= 0.6 is 0 Å². The van der Waals surface area contributed by atoms with Crippen molar-refractivity contribution in [2.45, 2.75) is 105 Å². The molecule has 0 amide bonds. The van der Waals surface area contributed by atoms with Crippen LogP contribution in [0.4, 0.5) is 34.1 Å². The Hall–Kier alpha value is -10.9. The minimum Gasteiger partial charge on any atom is -0.310 e. The van der Waals surface area contributed by atoms with Crippen molar-refractivity contribution in [3.8, 4) is 73.5 Å². The van der Waals surface area contributed by atoms with Gasteiger partial charge in [0.2, 0.25) is 0 Å². The number of nitrogens with zero attached hydrogens (tertiary/aromatic N) is 5. The van der Waals surface area contributed by atoms with Crippen molar-refractivity contribution in [2.75, 3.05) is 9.80 Å². The minimum absolute atomic E-state index is 0.0142. The first-order chi connectivity index (χ1) is 52.7. The molecule has 0 unspecified atom stereocenters. The molecule has 0 bridgehead atoms. The number of hydrogen-bond acceptors (Lipinski definition) is 4. The van der Waals surface area contributed by atoms with E-state index >= 15 is 0 Å². The number of anilines is 6. The highest BCUT2D eigenvalue weighted by molar-refractivity contribution is 7.00. The Bertz CT molecular complexity index is 6220. The Balaban J connectivity index is 1.14. The third-order valence-electron chi connectivity index (χ3n) is 18.9. The summed E-state index contributed by atoms with van der Waals surface area (Å²) in [7, 11) is 0. The predicted molar refractivity (Wildman–Crippen MR) is 406 cm³/mol. The van der Waals surface area contributed by atoms with Gasteiger partial charge in [-0.1, -0.05) is 265 Å². The highest BCUT2D eigenvalue weighted by atomic mass is 15.2. The number of fused-ring (bicyclic) bond motifs is 7. The topological polar surface area (TPSA) is 59.0 Å². The fraction of sp³-hybridized carbons (Fsp3) is 0.178. The summed E-state index contributed by atoms with van der Waals surface area (Å²) < 4.78 is 151. The maximum atomic E-state index is 12.6. The molecule has 466 valence electrons. The first-order valence-corrected chi connectivity index (χ1v) is 32.4. The monoisotopic (exact) mass is 1260 g/mol. The van der Waals surface area contributed by atoms with E-state index in [0.29, 0.717) is 28.3 Å². The van der Waals surface area contributed by atoms with Gasteiger partial charge in [0.25, 0.3) is 6.71 Å². The van der Waals surface area contributed by atoms with Crippen molar-refractivity contribution in [3.63, 3.8) is 0 Å². The first-order valence-electron chi connectivity index (χ1n) is 40.4. The van der Waals surface area contributed by atoms with E-state index in [-0.39, 0.29) is 67.2 Å². The molecule has 1 aromatic heterocycles. The van der Waals surface area contributed by atoms with Crippen molar-refractivity contribution >= 4 is 79.0 Å². The Morgan fingerprint density at radius 3 is 1.40 bits per heavy atom. The van der Waals surface area contributed by atoms with Crippen LogP contribution in [0.15, 0.2) is 254 Å². The lowest BCUT2D eigenvalue weighted by molar-refractivity contribution is 0.569. The highest BCUT2D eigenvalue weighted by Gasteiger charge is 2.46. The third kappa shape index (κ3) is 10.5. The molecule has 5 nitrogen and oxygen atoms in total. The van der Waals surface area contributed by atoms with E-state index in [9.17, 15) is 24.2 Å². The van der Waals surface area contributed by atoms with Gasteiger partial charge in [-0.3, -0.25) is 0 Å². The molecular formula is C90H78BN5. The summed E-state index contributed by atoms with van der Waals surface area (Å²) in [6.45, 7) is 25.3. The number of benzene rings is 12. The summed E-state index contributed by atoms with van der Waals surface area (Å²) in [5.74, 6) is 0. The van der Waals surface area contributed by atoms with Crippen LogP contribution in [0.1, 0.15) is 138 Å². The van der Waals surface area contributed by atoms with Crippen LogP contribution < -0.4 is 26.2 Å². The summed E-state index contributed by atoms with van der Waals surface area (Å²) in [5.41, 5.74) is 11.6. The van der Waals surface area contributed by atoms with Gasteiger partial charge in [-0.15, -0.1) is 0 Å². The van der Waals surface area contributed by atoms with Gasteiger partial charge in [-0.25, -0.2) is 0 Å². The van der Waals surface area contributed by atoms with Gasteiger partial charge in [0.05, 0.1) is 61.7 Å². The standard InChI is InChI=1S/C90H78BN5/c1-87(2,3)66-45-65(46-67(50-66)88(4,5)6)64-39-42-75-81(49-64)95(78-35-25-34-77(74(78)56-93)94-79-43-36-57(55-92)44-73(79)70-40-37-62(47-80(70)94)58-26-17-13-18-27-58)83-53-69(90(10,11)12)54-84-85(83)91(75)76-41-38-63(59-28-19-14-20-29-59)48-82(76)96(84)86-71(60-30-21-15-22-31-60)51-68(89(7,8)9)52-72(86)61-32-23-16-24-33-61/h13-54H,1-12H3/i13D,14D,17D,18D,19D,20D,26D,27D,28D,29D,36D,37D,40D,43D,44D,47D. The quantitative estimate of drug-likeness (QED) is 0.142. The lowest BCUT2D eigenvalue weighted by Crippen LogP contribution is -2.61. The van der Waals surface area contributed by atoms with Crippen molar-refractivity contribution in [2.24, 2.45) is 0 Å². The molecule has 0 fully saturated rings. The van der Waals surface area contributed by atoms with Gasteiger partial charge in [-0.05, 0) is 178 Å².